The Bertz CT molecular complexity index is 829. The van der Waals surface area contributed by atoms with Crippen molar-refractivity contribution in [3.63, 3.8) is 0 Å². The van der Waals surface area contributed by atoms with Crippen molar-refractivity contribution in [1.29, 1.82) is 0 Å². The van der Waals surface area contributed by atoms with Gasteiger partial charge in [0.05, 0.1) is 5.69 Å². The van der Waals surface area contributed by atoms with E-state index in [2.05, 4.69) is 9.98 Å². The van der Waals surface area contributed by atoms with Crippen LogP contribution in [0, 0.1) is 0 Å². The molecule has 142 valence electrons. The predicted molar refractivity (Wildman–Crippen MR) is 102 cm³/mol. The SMILES string of the molecule is NC(=Nc1cccc(Oc2ccccc2)c1)N=C(N)N1CCC(F)(F)CC1. The maximum atomic E-state index is 13.2. The first-order valence-corrected chi connectivity index (χ1v) is 8.55. The molecule has 2 aromatic carbocycles. The molecule has 0 aromatic heterocycles. The lowest BCUT2D eigenvalue weighted by atomic mass is 10.1. The minimum absolute atomic E-state index is 0.0540. The number of piperidine rings is 1. The zero-order chi connectivity index (χ0) is 19.3. The molecule has 1 aliphatic heterocycles. The number of aliphatic imine (C=N–C) groups is 2. The molecule has 8 heteroatoms. The third kappa shape index (κ3) is 5.40. The van der Waals surface area contributed by atoms with E-state index in [-0.39, 0.29) is 37.9 Å². The van der Waals surface area contributed by atoms with E-state index in [0.717, 1.165) is 0 Å². The molecule has 0 atom stereocenters. The number of halogens is 2. The van der Waals surface area contributed by atoms with Gasteiger partial charge in [0.25, 0.3) is 5.92 Å². The molecule has 0 bridgehead atoms. The molecule has 1 saturated heterocycles. The Hall–Kier alpha value is -3.16. The highest BCUT2D eigenvalue weighted by Crippen LogP contribution is 2.27. The molecule has 27 heavy (non-hydrogen) atoms. The molecule has 1 heterocycles. The molecule has 6 nitrogen and oxygen atoms in total. The standard InChI is InChI=1S/C19H21F2N5O/c20-19(21)9-11-26(12-10-19)18(23)25-17(22)24-14-5-4-8-16(13-14)27-15-6-2-1-3-7-15/h1-8,13H,9-12H2,(H4,22,23,24,25). The number of benzene rings is 2. The van der Waals surface area contributed by atoms with Gasteiger partial charge in [0.2, 0.25) is 5.96 Å². The molecule has 3 rings (SSSR count). The van der Waals surface area contributed by atoms with Crippen LogP contribution < -0.4 is 16.2 Å². The van der Waals surface area contributed by atoms with Crippen LogP contribution in [-0.2, 0) is 0 Å². The Labute approximate surface area is 156 Å². The molecule has 2 aromatic rings. The molecule has 1 aliphatic rings. The maximum Gasteiger partial charge on any atom is 0.251 e. The van der Waals surface area contributed by atoms with Crippen molar-refractivity contribution < 1.29 is 13.5 Å². The highest BCUT2D eigenvalue weighted by atomic mass is 19.3. The summed E-state index contributed by atoms with van der Waals surface area (Å²) in [7, 11) is 0. The lowest BCUT2D eigenvalue weighted by molar-refractivity contribution is -0.0435. The number of hydrogen-bond acceptors (Lipinski definition) is 2. The van der Waals surface area contributed by atoms with Gasteiger partial charge in [-0.15, -0.1) is 0 Å². The number of para-hydroxylation sites is 1. The monoisotopic (exact) mass is 373 g/mol. The van der Waals surface area contributed by atoms with Gasteiger partial charge in [-0.3, -0.25) is 0 Å². The van der Waals surface area contributed by atoms with E-state index < -0.39 is 5.92 Å². The topological polar surface area (TPSA) is 89.2 Å². The summed E-state index contributed by atoms with van der Waals surface area (Å²) in [5.74, 6) is -1.30. The fraction of sp³-hybridized carbons (Fsp3) is 0.263. The van der Waals surface area contributed by atoms with Gasteiger partial charge >= 0.3 is 0 Å². The number of ether oxygens (including phenoxy) is 1. The summed E-state index contributed by atoms with van der Waals surface area (Å²) in [6.07, 6.45) is -0.502. The number of nitrogens with two attached hydrogens (primary N) is 2. The van der Waals surface area contributed by atoms with Gasteiger partial charge in [-0.1, -0.05) is 24.3 Å². The van der Waals surface area contributed by atoms with Crippen molar-refractivity contribution >= 4 is 17.6 Å². The van der Waals surface area contributed by atoms with Crippen LogP contribution in [0.25, 0.3) is 0 Å². The Morgan fingerprint density at radius 3 is 2.33 bits per heavy atom. The van der Waals surface area contributed by atoms with E-state index in [1.165, 1.54) is 0 Å². The summed E-state index contributed by atoms with van der Waals surface area (Å²) < 4.78 is 32.2. The average Bonchev–Trinajstić information content (AvgIpc) is 2.62. The minimum Gasteiger partial charge on any atom is -0.457 e. The number of guanidine groups is 2. The Balaban J connectivity index is 1.67. The third-order valence-corrected chi connectivity index (χ3v) is 4.09. The number of nitrogens with zero attached hydrogens (tertiary/aromatic N) is 3. The van der Waals surface area contributed by atoms with Gasteiger partial charge in [-0.2, -0.15) is 4.99 Å². The van der Waals surface area contributed by atoms with Crippen molar-refractivity contribution in [1.82, 2.24) is 4.90 Å². The van der Waals surface area contributed by atoms with E-state index in [1.54, 1.807) is 29.2 Å². The highest BCUT2D eigenvalue weighted by Gasteiger charge is 2.34. The van der Waals surface area contributed by atoms with Crippen LogP contribution in [0.3, 0.4) is 0 Å². The molecular formula is C19H21F2N5O. The van der Waals surface area contributed by atoms with Crippen LogP contribution in [0.2, 0.25) is 0 Å². The minimum atomic E-state index is -2.64. The van der Waals surface area contributed by atoms with Gasteiger partial charge < -0.3 is 21.1 Å². The van der Waals surface area contributed by atoms with Gasteiger partial charge in [0.1, 0.15) is 11.5 Å². The zero-order valence-electron chi connectivity index (χ0n) is 14.7. The van der Waals surface area contributed by atoms with E-state index in [9.17, 15) is 8.78 Å². The van der Waals surface area contributed by atoms with Gasteiger partial charge in [0.15, 0.2) is 5.96 Å². The van der Waals surface area contributed by atoms with E-state index >= 15 is 0 Å². The lowest BCUT2D eigenvalue weighted by Gasteiger charge is -2.32. The Morgan fingerprint density at radius 2 is 1.63 bits per heavy atom. The summed E-state index contributed by atoms with van der Waals surface area (Å²) in [5, 5.41) is 0. The van der Waals surface area contributed by atoms with Crippen LogP contribution >= 0.6 is 0 Å². The molecule has 0 saturated carbocycles. The first-order valence-electron chi connectivity index (χ1n) is 8.55. The van der Waals surface area contributed by atoms with Crippen molar-refractivity contribution in [2.45, 2.75) is 18.8 Å². The van der Waals surface area contributed by atoms with Gasteiger partial charge in [-0.05, 0) is 24.3 Å². The highest BCUT2D eigenvalue weighted by molar-refractivity contribution is 5.94. The summed E-state index contributed by atoms with van der Waals surface area (Å²) >= 11 is 0. The first kappa shape index (κ1) is 18.6. The first-order chi connectivity index (χ1) is 12.9. The second kappa shape index (κ2) is 8.03. The average molecular weight is 373 g/mol. The smallest absolute Gasteiger partial charge is 0.251 e. The Kier molecular flexibility index (Phi) is 5.54. The van der Waals surface area contributed by atoms with Crippen molar-refractivity contribution in [2.24, 2.45) is 21.5 Å². The molecule has 0 spiro atoms. The van der Waals surface area contributed by atoms with E-state index in [0.29, 0.717) is 17.2 Å². The molecule has 0 radical (unpaired) electrons. The van der Waals surface area contributed by atoms with Crippen LogP contribution in [0.15, 0.2) is 64.6 Å². The quantitative estimate of drug-likeness (QED) is 0.637. The van der Waals surface area contributed by atoms with Crippen LogP contribution in [-0.4, -0.2) is 35.8 Å². The summed E-state index contributed by atoms with van der Waals surface area (Å²) in [6.45, 7) is 0.270. The summed E-state index contributed by atoms with van der Waals surface area (Å²) in [5.41, 5.74) is 12.2. The van der Waals surface area contributed by atoms with Crippen LogP contribution in [0.1, 0.15) is 12.8 Å². The second-order valence-electron chi connectivity index (χ2n) is 6.20. The number of alkyl halides is 2. The van der Waals surface area contributed by atoms with Gasteiger partial charge in [0, 0.05) is 32.0 Å². The molecule has 0 unspecified atom stereocenters. The number of rotatable bonds is 3. The number of likely N-dealkylation sites (tertiary alicyclic amines) is 1. The van der Waals surface area contributed by atoms with E-state index in [1.807, 2.05) is 30.3 Å². The molecule has 4 N–H and O–H groups in total. The van der Waals surface area contributed by atoms with Crippen molar-refractivity contribution in [2.75, 3.05) is 13.1 Å². The van der Waals surface area contributed by atoms with Gasteiger partial charge in [-0.25, -0.2) is 13.8 Å². The zero-order valence-corrected chi connectivity index (χ0v) is 14.7. The molecule has 0 amide bonds. The summed E-state index contributed by atoms with van der Waals surface area (Å²) in [6, 6.07) is 16.4. The lowest BCUT2D eigenvalue weighted by Crippen LogP contribution is -2.46. The predicted octanol–water partition coefficient (Wildman–Crippen LogP) is 3.47. The maximum absolute atomic E-state index is 13.2. The fourth-order valence-corrected chi connectivity index (χ4v) is 2.65. The normalized spacial score (nSPS) is 17.6. The number of hydrogen-bond donors (Lipinski definition) is 2. The van der Waals surface area contributed by atoms with Crippen LogP contribution in [0.5, 0.6) is 11.5 Å². The summed E-state index contributed by atoms with van der Waals surface area (Å²) in [4.78, 5) is 9.79. The van der Waals surface area contributed by atoms with Crippen molar-refractivity contribution in [3.05, 3.63) is 54.6 Å². The molecular weight excluding hydrogens is 352 g/mol. The molecule has 0 aliphatic carbocycles. The Morgan fingerprint density at radius 1 is 0.963 bits per heavy atom. The fourth-order valence-electron chi connectivity index (χ4n) is 2.65. The second-order valence-corrected chi connectivity index (χ2v) is 6.20. The largest absolute Gasteiger partial charge is 0.457 e. The van der Waals surface area contributed by atoms with E-state index in [4.69, 9.17) is 16.2 Å². The third-order valence-electron chi connectivity index (χ3n) is 4.09. The van der Waals surface area contributed by atoms with Crippen LogP contribution in [0.4, 0.5) is 14.5 Å². The van der Waals surface area contributed by atoms with Crippen molar-refractivity contribution in [3.8, 4) is 11.5 Å². The molecule has 1 fully saturated rings.